The predicted octanol–water partition coefficient (Wildman–Crippen LogP) is 3.29. The molecule has 0 saturated carbocycles. The Kier molecular flexibility index (Phi) is 5.69. The summed E-state index contributed by atoms with van der Waals surface area (Å²) in [5.74, 6) is 1.43. The molecule has 4 rings (SSSR count). The van der Waals surface area contributed by atoms with Gasteiger partial charge in [-0.25, -0.2) is 9.97 Å². The molecule has 6 heteroatoms. The Morgan fingerprint density at radius 1 is 1.00 bits per heavy atom. The van der Waals surface area contributed by atoms with Crippen LogP contribution in [0.25, 0.3) is 0 Å². The van der Waals surface area contributed by atoms with E-state index in [0.29, 0.717) is 11.6 Å². The molecule has 2 aliphatic heterocycles. The summed E-state index contributed by atoms with van der Waals surface area (Å²) in [5.41, 5.74) is 4.47. The summed E-state index contributed by atoms with van der Waals surface area (Å²) in [7, 11) is 0. The topological polar surface area (TPSA) is 52.6 Å². The molecule has 1 atom stereocenters. The highest BCUT2D eigenvalue weighted by Crippen LogP contribution is 2.25. The van der Waals surface area contributed by atoms with Crippen LogP contribution in [-0.4, -0.2) is 60.0 Å². The van der Waals surface area contributed by atoms with E-state index in [1.54, 1.807) is 12.4 Å². The number of hydrogen-bond donors (Lipinski definition) is 0. The number of piperidine rings is 1. The van der Waals surface area contributed by atoms with Gasteiger partial charge in [-0.1, -0.05) is 19.1 Å². The number of aromatic nitrogens is 2. The van der Waals surface area contributed by atoms with Crippen molar-refractivity contribution in [1.82, 2.24) is 14.9 Å². The van der Waals surface area contributed by atoms with Gasteiger partial charge < -0.3 is 14.7 Å². The number of nitrogens with zero attached hydrogens (tertiary/aromatic N) is 5. The quantitative estimate of drug-likeness (QED) is 0.801. The Labute approximate surface area is 173 Å². The minimum absolute atomic E-state index is 0.00958. The Bertz CT molecular complexity index is 858. The van der Waals surface area contributed by atoms with Gasteiger partial charge in [0.25, 0.3) is 5.91 Å². The fraction of sp³-hybridized carbons (Fsp3) is 0.522. The first-order valence-electron chi connectivity index (χ1n) is 10.7. The van der Waals surface area contributed by atoms with Gasteiger partial charge in [-0.2, -0.15) is 0 Å². The average molecular weight is 394 g/mol. The highest BCUT2D eigenvalue weighted by Gasteiger charge is 2.24. The monoisotopic (exact) mass is 393 g/mol. The van der Waals surface area contributed by atoms with Crippen LogP contribution in [0.15, 0.2) is 30.6 Å². The molecule has 1 aromatic heterocycles. The minimum atomic E-state index is 0.00958. The lowest BCUT2D eigenvalue weighted by Crippen LogP contribution is -2.47. The van der Waals surface area contributed by atoms with Gasteiger partial charge in [-0.05, 0) is 49.8 Å². The number of benzene rings is 1. The molecule has 0 bridgehead atoms. The first-order chi connectivity index (χ1) is 14.0. The third-order valence-corrected chi connectivity index (χ3v) is 6.32. The molecule has 3 heterocycles. The maximum Gasteiger partial charge on any atom is 0.274 e. The zero-order valence-corrected chi connectivity index (χ0v) is 17.8. The zero-order chi connectivity index (χ0) is 20.4. The summed E-state index contributed by atoms with van der Waals surface area (Å²) in [4.78, 5) is 28.3. The van der Waals surface area contributed by atoms with Crippen LogP contribution in [0.5, 0.6) is 0 Å². The van der Waals surface area contributed by atoms with E-state index in [-0.39, 0.29) is 5.91 Å². The second-order valence-electron chi connectivity index (χ2n) is 8.45. The number of piperazine rings is 1. The molecule has 2 fully saturated rings. The van der Waals surface area contributed by atoms with E-state index < -0.39 is 0 Å². The molecule has 2 aromatic rings. The fourth-order valence-electron chi connectivity index (χ4n) is 4.39. The van der Waals surface area contributed by atoms with Crippen molar-refractivity contribution in [1.29, 1.82) is 0 Å². The van der Waals surface area contributed by atoms with Gasteiger partial charge in [0, 0.05) is 45.0 Å². The molecular weight excluding hydrogens is 362 g/mol. The summed E-state index contributed by atoms with van der Waals surface area (Å²) >= 11 is 0. The van der Waals surface area contributed by atoms with E-state index in [9.17, 15) is 4.79 Å². The Morgan fingerprint density at radius 2 is 1.76 bits per heavy atom. The Balaban J connectivity index is 1.38. The van der Waals surface area contributed by atoms with Crippen molar-refractivity contribution < 1.29 is 4.79 Å². The predicted molar refractivity (Wildman–Crippen MR) is 117 cm³/mol. The molecule has 29 heavy (non-hydrogen) atoms. The van der Waals surface area contributed by atoms with E-state index in [1.807, 2.05) is 4.90 Å². The number of hydrogen-bond acceptors (Lipinski definition) is 5. The van der Waals surface area contributed by atoms with Crippen LogP contribution >= 0.6 is 0 Å². The molecule has 0 N–H and O–H groups in total. The fourth-order valence-corrected chi connectivity index (χ4v) is 4.39. The number of rotatable bonds is 3. The summed E-state index contributed by atoms with van der Waals surface area (Å²) in [5, 5.41) is 0. The van der Waals surface area contributed by atoms with Crippen LogP contribution in [0.4, 0.5) is 11.5 Å². The van der Waals surface area contributed by atoms with Crippen LogP contribution in [0.1, 0.15) is 41.4 Å². The smallest absolute Gasteiger partial charge is 0.274 e. The highest BCUT2D eigenvalue weighted by molar-refractivity contribution is 5.92. The lowest BCUT2D eigenvalue weighted by molar-refractivity contribution is 0.0676. The minimum Gasteiger partial charge on any atom is -0.368 e. The van der Waals surface area contributed by atoms with Gasteiger partial charge >= 0.3 is 0 Å². The van der Waals surface area contributed by atoms with Crippen molar-refractivity contribution in [2.24, 2.45) is 5.92 Å². The number of carbonyl (C=O) groups excluding carboxylic acids is 1. The van der Waals surface area contributed by atoms with E-state index in [4.69, 9.17) is 0 Å². The summed E-state index contributed by atoms with van der Waals surface area (Å²) in [6, 6.07) is 6.51. The zero-order valence-electron chi connectivity index (χ0n) is 17.8. The van der Waals surface area contributed by atoms with E-state index in [1.165, 1.54) is 23.2 Å². The lowest BCUT2D eigenvalue weighted by atomic mass is 10.0. The van der Waals surface area contributed by atoms with Crippen molar-refractivity contribution in [2.45, 2.75) is 33.6 Å². The summed E-state index contributed by atoms with van der Waals surface area (Å²) < 4.78 is 0. The third kappa shape index (κ3) is 4.21. The normalized spacial score (nSPS) is 20.1. The maximum atomic E-state index is 12.7. The van der Waals surface area contributed by atoms with Gasteiger partial charge in [0.15, 0.2) is 0 Å². The SMILES string of the molecule is Cc1cccc(N2CCN(c3cnc(C(=O)N4CCCC(C)C4)cn3)CC2)c1C. The molecular formula is C23H31N5O. The van der Waals surface area contributed by atoms with Gasteiger partial charge in [-0.3, -0.25) is 4.79 Å². The first-order valence-corrected chi connectivity index (χ1v) is 10.7. The van der Waals surface area contributed by atoms with Crippen molar-refractivity contribution in [3.8, 4) is 0 Å². The van der Waals surface area contributed by atoms with Crippen molar-refractivity contribution in [3.05, 3.63) is 47.4 Å². The van der Waals surface area contributed by atoms with E-state index in [2.05, 4.69) is 58.7 Å². The standard InChI is InChI=1S/C23H31N5O/c1-17-6-5-9-28(16-17)23(29)20-14-25-22(15-24-20)27-12-10-26(11-13-27)21-8-4-7-18(2)19(21)3/h4,7-8,14-15,17H,5-6,9-13,16H2,1-3H3. The second kappa shape index (κ2) is 8.39. The summed E-state index contributed by atoms with van der Waals surface area (Å²) in [6.07, 6.45) is 5.67. The van der Waals surface area contributed by atoms with Gasteiger partial charge in [-0.15, -0.1) is 0 Å². The molecule has 0 radical (unpaired) electrons. The van der Waals surface area contributed by atoms with Crippen molar-refractivity contribution in [2.75, 3.05) is 49.1 Å². The second-order valence-corrected chi connectivity index (χ2v) is 8.45. The molecule has 2 saturated heterocycles. The summed E-state index contributed by atoms with van der Waals surface area (Å²) in [6.45, 7) is 11.9. The molecule has 6 nitrogen and oxygen atoms in total. The lowest BCUT2D eigenvalue weighted by Gasteiger charge is -2.37. The van der Waals surface area contributed by atoms with Crippen LogP contribution in [0.3, 0.4) is 0 Å². The number of likely N-dealkylation sites (tertiary alicyclic amines) is 1. The molecule has 0 aliphatic carbocycles. The molecule has 154 valence electrons. The molecule has 1 aromatic carbocycles. The van der Waals surface area contributed by atoms with Crippen molar-refractivity contribution >= 4 is 17.4 Å². The molecule has 2 aliphatic rings. The van der Waals surface area contributed by atoms with Crippen LogP contribution in [-0.2, 0) is 0 Å². The number of aryl methyl sites for hydroxylation is 1. The van der Waals surface area contributed by atoms with Crippen LogP contribution in [0, 0.1) is 19.8 Å². The van der Waals surface area contributed by atoms with Gasteiger partial charge in [0.1, 0.15) is 11.5 Å². The number of amides is 1. The molecule has 1 unspecified atom stereocenters. The van der Waals surface area contributed by atoms with Gasteiger partial charge in [0.2, 0.25) is 0 Å². The maximum absolute atomic E-state index is 12.7. The van der Waals surface area contributed by atoms with E-state index in [0.717, 1.165) is 51.5 Å². The Morgan fingerprint density at radius 3 is 2.45 bits per heavy atom. The Hall–Kier alpha value is -2.63. The van der Waals surface area contributed by atoms with Crippen LogP contribution in [0.2, 0.25) is 0 Å². The first kappa shape index (κ1) is 19.7. The molecule has 1 amide bonds. The highest BCUT2D eigenvalue weighted by atomic mass is 16.2. The largest absolute Gasteiger partial charge is 0.368 e. The number of carbonyl (C=O) groups is 1. The van der Waals surface area contributed by atoms with Crippen LogP contribution < -0.4 is 9.80 Å². The van der Waals surface area contributed by atoms with Gasteiger partial charge in [0.05, 0.1) is 12.4 Å². The van der Waals surface area contributed by atoms with E-state index >= 15 is 0 Å². The molecule has 0 spiro atoms. The number of anilines is 2. The average Bonchev–Trinajstić information content (AvgIpc) is 2.75. The third-order valence-electron chi connectivity index (χ3n) is 6.32. The van der Waals surface area contributed by atoms with Crippen molar-refractivity contribution in [3.63, 3.8) is 0 Å².